The van der Waals surface area contributed by atoms with E-state index in [0.29, 0.717) is 5.56 Å². The van der Waals surface area contributed by atoms with Gasteiger partial charge in [0, 0.05) is 5.56 Å². The molecule has 0 saturated heterocycles. The summed E-state index contributed by atoms with van der Waals surface area (Å²) in [5.74, 6) is -1.01. The lowest BCUT2D eigenvalue weighted by molar-refractivity contribution is 0.102. The normalized spacial score (nSPS) is 11.3. The van der Waals surface area contributed by atoms with Crippen LogP contribution in [0.1, 0.15) is 15.9 Å². The smallest absolute Gasteiger partial charge is 0.187 e. The summed E-state index contributed by atoms with van der Waals surface area (Å²) in [5.41, 5.74) is 1.18. The molecule has 0 radical (unpaired) electrons. The van der Waals surface area contributed by atoms with Crippen LogP contribution in [-0.2, 0) is 9.84 Å². The number of hydrogen-bond acceptors (Lipinski definition) is 3. The molecule has 0 aromatic heterocycles. The average Bonchev–Trinajstić information content (AvgIpc) is 2.38. The zero-order chi connectivity index (χ0) is 14.8. The molecule has 0 spiro atoms. The molecule has 0 aliphatic heterocycles. The highest BCUT2D eigenvalue weighted by atomic mass is 35.5. The first-order chi connectivity index (χ1) is 9.42. The van der Waals surface area contributed by atoms with E-state index in [1.54, 1.807) is 43.3 Å². The van der Waals surface area contributed by atoms with Crippen molar-refractivity contribution in [3.8, 4) is 0 Å². The van der Waals surface area contributed by atoms with Crippen molar-refractivity contribution in [2.75, 3.05) is 5.75 Å². The van der Waals surface area contributed by atoms with Crippen LogP contribution in [0.5, 0.6) is 0 Å². The molecular formula is C15H13ClO3S. The molecule has 3 nitrogen and oxygen atoms in total. The van der Waals surface area contributed by atoms with Crippen molar-refractivity contribution in [3.63, 3.8) is 0 Å². The second kappa shape index (κ2) is 5.77. The van der Waals surface area contributed by atoms with E-state index in [1.165, 1.54) is 12.1 Å². The number of carbonyl (C=O) groups excluding carboxylic acids is 1. The molecule has 0 amide bonds. The summed E-state index contributed by atoms with van der Waals surface area (Å²) in [7, 11) is -3.74. The Balaban J connectivity index is 2.33. The van der Waals surface area contributed by atoms with E-state index in [-0.39, 0.29) is 9.92 Å². The maximum absolute atomic E-state index is 12.2. The van der Waals surface area contributed by atoms with Crippen LogP contribution in [0.3, 0.4) is 0 Å². The van der Waals surface area contributed by atoms with Gasteiger partial charge in [-0.05, 0) is 24.6 Å². The van der Waals surface area contributed by atoms with Gasteiger partial charge in [-0.3, -0.25) is 4.79 Å². The molecule has 0 fully saturated rings. The Labute approximate surface area is 123 Å². The van der Waals surface area contributed by atoms with E-state index in [2.05, 4.69) is 0 Å². The highest BCUT2D eigenvalue weighted by Gasteiger charge is 2.23. The van der Waals surface area contributed by atoms with Gasteiger partial charge in [0.15, 0.2) is 15.6 Å². The van der Waals surface area contributed by atoms with Crippen LogP contribution in [0.25, 0.3) is 0 Å². The monoisotopic (exact) mass is 308 g/mol. The maximum atomic E-state index is 12.2. The van der Waals surface area contributed by atoms with Gasteiger partial charge in [-0.1, -0.05) is 48.0 Å². The lowest BCUT2D eigenvalue weighted by Crippen LogP contribution is -2.17. The third kappa shape index (κ3) is 3.08. The first-order valence-corrected chi connectivity index (χ1v) is 8.01. The van der Waals surface area contributed by atoms with E-state index >= 15 is 0 Å². The fourth-order valence-electron chi connectivity index (χ4n) is 1.91. The van der Waals surface area contributed by atoms with Gasteiger partial charge in [0.2, 0.25) is 0 Å². The molecule has 2 aromatic carbocycles. The Hall–Kier alpha value is -1.65. The zero-order valence-electron chi connectivity index (χ0n) is 10.8. The minimum absolute atomic E-state index is 0.0106. The van der Waals surface area contributed by atoms with Gasteiger partial charge >= 0.3 is 0 Å². The summed E-state index contributed by atoms with van der Waals surface area (Å²) < 4.78 is 24.5. The Morgan fingerprint density at radius 1 is 1.05 bits per heavy atom. The Kier molecular flexibility index (Phi) is 4.26. The number of aryl methyl sites for hydroxylation is 1. The van der Waals surface area contributed by atoms with E-state index in [1.807, 2.05) is 0 Å². The van der Waals surface area contributed by atoms with Crippen molar-refractivity contribution in [1.82, 2.24) is 0 Å². The average molecular weight is 309 g/mol. The van der Waals surface area contributed by atoms with Gasteiger partial charge in [0.25, 0.3) is 0 Å². The lowest BCUT2D eigenvalue weighted by atomic mass is 10.1. The molecule has 0 unspecified atom stereocenters. The molecule has 2 aromatic rings. The largest absolute Gasteiger partial charge is 0.293 e. The van der Waals surface area contributed by atoms with Crippen molar-refractivity contribution in [2.24, 2.45) is 0 Å². The molecule has 0 aliphatic rings. The number of sulfone groups is 1. The standard InChI is InChI=1S/C15H13ClO3S/c1-11-6-2-3-7-12(11)14(17)10-20(18,19)15-9-5-4-8-13(15)16/h2-9H,10H2,1H3. The van der Waals surface area contributed by atoms with Crippen molar-refractivity contribution in [1.29, 1.82) is 0 Å². The molecule has 0 atom stereocenters. The van der Waals surface area contributed by atoms with Crippen LogP contribution in [0.2, 0.25) is 5.02 Å². The first kappa shape index (κ1) is 14.8. The van der Waals surface area contributed by atoms with Crippen LogP contribution in [0.4, 0.5) is 0 Å². The second-order valence-corrected chi connectivity index (χ2v) is 6.79. The third-order valence-electron chi connectivity index (χ3n) is 2.94. The summed E-state index contributed by atoms with van der Waals surface area (Å²) in [5, 5.41) is 0.130. The van der Waals surface area contributed by atoms with Crippen LogP contribution in [-0.4, -0.2) is 20.0 Å². The maximum Gasteiger partial charge on any atom is 0.187 e. The molecule has 0 aliphatic carbocycles. The van der Waals surface area contributed by atoms with Crippen LogP contribution >= 0.6 is 11.6 Å². The molecule has 20 heavy (non-hydrogen) atoms. The SMILES string of the molecule is Cc1ccccc1C(=O)CS(=O)(=O)c1ccccc1Cl. The number of halogens is 1. The Morgan fingerprint density at radius 3 is 2.30 bits per heavy atom. The molecule has 0 saturated carbocycles. The van der Waals surface area contributed by atoms with Gasteiger partial charge in [0.05, 0.1) is 9.92 Å². The van der Waals surface area contributed by atoms with E-state index in [9.17, 15) is 13.2 Å². The van der Waals surface area contributed by atoms with E-state index in [4.69, 9.17) is 11.6 Å². The zero-order valence-corrected chi connectivity index (χ0v) is 12.4. The number of carbonyl (C=O) groups is 1. The summed E-state index contributed by atoms with van der Waals surface area (Å²) in [6.45, 7) is 1.77. The fraction of sp³-hybridized carbons (Fsp3) is 0.133. The Bertz CT molecular complexity index is 751. The lowest BCUT2D eigenvalue weighted by Gasteiger charge is -2.07. The summed E-state index contributed by atoms with van der Waals surface area (Å²) in [6, 6.07) is 13.0. The van der Waals surface area contributed by atoms with Crippen molar-refractivity contribution >= 4 is 27.2 Å². The molecule has 2 rings (SSSR count). The van der Waals surface area contributed by atoms with E-state index in [0.717, 1.165) is 5.56 Å². The Morgan fingerprint density at radius 2 is 1.65 bits per heavy atom. The van der Waals surface area contributed by atoms with Gasteiger partial charge in [-0.2, -0.15) is 0 Å². The van der Waals surface area contributed by atoms with Gasteiger partial charge in [0.1, 0.15) is 5.75 Å². The number of hydrogen-bond donors (Lipinski definition) is 0. The number of benzene rings is 2. The number of ketones is 1. The topological polar surface area (TPSA) is 51.2 Å². The number of Topliss-reactive ketones (excluding diaryl/α,β-unsaturated/α-hetero) is 1. The highest BCUT2D eigenvalue weighted by Crippen LogP contribution is 2.22. The summed E-state index contributed by atoms with van der Waals surface area (Å²) >= 11 is 5.88. The molecule has 0 heterocycles. The van der Waals surface area contributed by atoms with Gasteiger partial charge < -0.3 is 0 Å². The van der Waals surface area contributed by atoms with Crippen molar-refractivity contribution < 1.29 is 13.2 Å². The molecule has 104 valence electrons. The van der Waals surface area contributed by atoms with Crippen LogP contribution < -0.4 is 0 Å². The van der Waals surface area contributed by atoms with Gasteiger partial charge in [-0.15, -0.1) is 0 Å². The number of rotatable bonds is 4. The molecule has 5 heteroatoms. The molecule has 0 N–H and O–H groups in total. The quantitative estimate of drug-likeness (QED) is 0.814. The highest BCUT2D eigenvalue weighted by molar-refractivity contribution is 7.92. The fourth-order valence-corrected chi connectivity index (χ4v) is 3.71. The third-order valence-corrected chi connectivity index (χ3v) is 5.05. The van der Waals surface area contributed by atoms with Crippen molar-refractivity contribution in [3.05, 3.63) is 64.7 Å². The first-order valence-electron chi connectivity index (χ1n) is 5.98. The van der Waals surface area contributed by atoms with Crippen LogP contribution in [0, 0.1) is 6.92 Å². The second-order valence-electron chi connectivity index (χ2n) is 4.43. The predicted molar refractivity (Wildman–Crippen MR) is 79.0 cm³/mol. The van der Waals surface area contributed by atoms with Crippen LogP contribution in [0.15, 0.2) is 53.4 Å². The molecular weight excluding hydrogens is 296 g/mol. The van der Waals surface area contributed by atoms with Crippen molar-refractivity contribution in [2.45, 2.75) is 11.8 Å². The molecule has 0 bridgehead atoms. The summed E-state index contributed by atoms with van der Waals surface area (Å²) in [4.78, 5) is 12.1. The minimum Gasteiger partial charge on any atom is -0.293 e. The summed E-state index contributed by atoms with van der Waals surface area (Å²) in [6.07, 6.45) is 0. The minimum atomic E-state index is -3.74. The van der Waals surface area contributed by atoms with E-state index < -0.39 is 21.4 Å². The van der Waals surface area contributed by atoms with Gasteiger partial charge in [-0.25, -0.2) is 8.42 Å². The predicted octanol–water partition coefficient (Wildman–Crippen LogP) is 3.31.